The molecule has 1 fully saturated rings. The van der Waals surface area contributed by atoms with Gasteiger partial charge in [-0.15, -0.1) is 0 Å². The van der Waals surface area contributed by atoms with Gasteiger partial charge in [0.25, 0.3) is 0 Å². The second kappa shape index (κ2) is 3.63. The highest BCUT2D eigenvalue weighted by molar-refractivity contribution is 9.10. The van der Waals surface area contributed by atoms with Gasteiger partial charge < -0.3 is 5.73 Å². The van der Waals surface area contributed by atoms with Crippen molar-refractivity contribution in [3.8, 4) is 0 Å². The van der Waals surface area contributed by atoms with Crippen molar-refractivity contribution in [1.82, 2.24) is 0 Å². The smallest absolute Gasteiger partial charge is 0.143 e. The molecule has 1 aliphatic carbocycles. The summed E-state index contributed by atoms with van der Waals surface area (Å²) in [6.07, 6.45) is 2.58. The van der Waals surface area contributed by atoms with E-state index < -0.39 is 0 Å². The number of carbonyl (C=O) groups excluding carboxylic acids is 1. The number of anilines is 1. The summed E-state index contributed by atoms with van der Waals surface area (Å²) in [6.45, 7) is 1.93. The Labute approximate surface area is 98.0 Å². The second-order valence-electron chi connectivity index (χ2n) is 4.10. The molecule has 0 radical (unpaired) electrons. The van der Waals surface area contributed by atoms with Crippen LogP contribution in [0, 0.1) is 0 Å². The van der Waals surface area contributed by atoms with Crippen LogP contribution >= 0.6 is 15.9 Å². The fraction of sp³-hybridized carbons (Fsp3) is 0.417. The van der Waals surface area contributed by atoms with Gasteiger partial charge in [-0.25, -0.2) is 0 Å². The van der Waals surface area contributed by atoms with Gasteiger partial charge in [0.05, 0.1) is 5.41 Å². The maximum atomic E-state index is 11.8. The van der Waals surface area contributed by atoms with Crippen molar-refractivity contribution >= 4 is 27.4 Å². The van der Waals surface area contributed by atoms with Crippen molar-refractivity contribution in [2.45, 2.75) is 31.6 Å². The molecule has 2 rings (SSSR count). The molecule has 1 aromatic rings. The lowest BCUT2D eigenvalue weighted by molar-refractivity contribution is -0.121. The molecule has 0 unspecified atom stereocenters. The summed E-state index contributed by atoms with van der Waals surface area (Å²) in [5, 5.41) is 0. The van der Waals surface area contributed by atoms with Crippen LogP contribution in [0.25, 0.3) is 0 Å². The molecule has 2 nitrogen and oxygen atoms in total. The first-order chi connectivity index (χ1) is 7.10. The van der Waals surface area contributed by atoms with Crippen molar-refractivity contribution in [1.29, 1.82) is 0 Å². The summed E-state index contributed by atoms with van der Waals surface area (Å²) in [5.41, 5.74) is 7.37. The highest BCUT2D eigenvalue weighted by Crippen LogP contribution is 2.50. The molecule has 2 N–H and O–H groups in total. The fourth-order valence-electron chi connectivity index (χ4n) is 2.02. The van der Waals surface area contributed by atoms with Gasteiger partial charge in [0.15, 0.2) is 0 Å². The normalized spacial score (nSPS) is 17.5. The molecule has 0 spiro atoms. The van der Waals surface area contributed by atoms with Crippen LogP contribution in [0.2, 0.25) is 0 Å². The van der Waals surface area contributed by atoms with Crippen molar-refractivity contribution in [2.24, 2.45) is 0 Å². The molecule has 0 bridgehead atoms. The van der Waals surface area contributed by atoms with E-state index in [0.717, 1.165) is 28.6 Å². The minimum Gasteiger partial charge on any atom is -0.398 e. The number of nitrogen functional groups attached to an aromatic ring is 1. The maximum Gasteiger partial charge on any atom is 0.143 e. The molecule has 3 heteroatoms. The zero-order valence-electron chi connectivity index (χ0n) is 8.72. The molecule has 0 aliphatic heterocycles. The minimum absolute atomic E-state index is 0.190. The summed E-state index contributed by atoms with van der Waals surface area (Å²) in [4.78, 5) is 11.8. The molecular weight excluding hydrogens is 254 g/mol. The highest BCUT2D eigenvalue weighted by Gasteiger charge is 2.49. The first-order valence-corrected chi connectivity index (χ1v) is 5.98. The van der Waals surface area contributed by atoms with E-state index in [9.17, 15) is 4.79 Å². The van der Waals surface area contributed by atoms with E-state index in [-0.39, 0.29) is 5.41 Å². The largest absolute Gasteiger partial charge is 0.398 e. The lowest BCUT2D eigenvalue weighted by Gasteiger charge is -2.14. The number of hydrogen-bond acceptors (Lipinski definition) is 2. The van der Waals surface area contributed by atoms with E-state index >= 15 is 0 Å². The van der Waals surface area contributed by atoms with Gasteiger partial charge in [-0.3, -0.25) is 4.79 Å². The molecule has 15 heavy (non-hydrogen) atoms. The van der Waals surface area contributed by atoms with Crippen LogP contribution in [-0.4, -0.2) is 5.78 Å². The predicted octanol–water partition coefficient (Wildman–Crippen LogP) is 3.04. The molecule has 1 saturated carbocycles. The summed E-state index contributed by atoms with van der Waals surface area (Å²) < 4.78 is 0.884. The molecule has 0 aromatic heterocycles. The number of ketones is 1. The third kappa shape index (κ3) is 1.69. The molecule has 80 valence electrons. The summed E-state index contributed by atoms with van der Waals surface area (Å²) in [6, 6.07) is 5.82. The number of rotatable bonds is 3. The fourth-order valence-corrected chi connectivity index (χ4v) is 2.40. The van der Waals surface area contributed by atoms with Crippen LogP contribution < -0.4 is 5.73 Å². The Morgan fingerprint density at radius 3 is 2.67 bits per heavy atom. The van der Waals surface area contributed by atoms with Crippen LogP contribution in [0.4, 0.5) is 5.69 Å². The lowest BCUT2D eigenvalue weighted by Crippen LogP contribution is -2.19. The molecule has 0 heterocycles. The molecule has 0 saturated heterocycles. The van der Waals surface area contributed by atoms with E-state index in [0.29, 0.717) is 12.2 Å². The first-order valence-electron chi connectivity index (χ1n) is 5.19. The van der Waals surface area contributed by atoms with E-state index in [4.69, 9.17) is 5.73 Å². The Hall–Kier alpha value is -0.830. The summed E-state index contributed by atoms with van der Waals surface area (Å²) in [5.74, 6) is 0.346. The van der Waals surface area contributed by atoms with Crippen molar-refractivity contribution < 1.29 is 4.79 Å². The Kier molecular flexibility index (Phi) is 2.59. The van der Waals surface area contributed by atoms with Crippen molar-refractivity contribution in [3.63, 3.8) is 0 Å². The van der Waals surface area contributed by atoms with E-state index in [1.165, 1.54) is 0 Å². The van der Waals surface area contributed by atoms with Crippen molar-refractivity contribution in [2.75, 3.05) is 5.73 Å². The lowest BCUT2D eigenvalue weighted by atomic mass is 9.90. The van der Waals surface area contributed by atoms with Gasteiger partial charge in [0.2, 0.25) is 0 Å². The van der Waals surface area contributed by atoms with Gasteiger partial charge >= 0.3 is 0 Å². The second-order valence-corrected chi connectivity index (χ2v) is 4.95. The topological polar surface area (TPSA) is 43.1 Å². The van der Waals surface area contributed by atoms with Crippen molar-refractivity contribution in [3.05, 3.63) is 28.2 Å². The third-order valence-corrected chi connectivity index (χ3v) is 3.84. The average molecular weight is 268 g/mol. The zero-order valence-corrected chi connectivity index (χ0v) is 10.3. The molecule has 1 aliphatic rings. The monoisotopic (exact) mass is 267 g/mol. The SMILES string of the molecule is CCC(=O)C1(c2ccc(N)c(Br)c2)CC1. The third-order valence-electron chi connectivity index (χ3n) is 3.16. The first kappa shape index (κ1) is 10.7. The van der Waals surface area contributed by atoms with Crippen LogP contribution in [0.3, 0.4) is 0 Å². The summed E-state index contributed by atoms with van der Waals surface area (Å²) in [7, 11) is 0. The van der Waals surface area contributed by atoms with E-state index in [1.54, 1.807) is 0 Å². The Morgan fingerprint density at radius 2 is 2.20 bits per heavy atom. The van der Waals surface area contributed by atoms with Crippen LogP contribution in [0.5, 0.6) is 0 Å². The average Bonchev–Trinajstić information content (AvgIpc) is 3.02. The summed E-state index contributed by atoms with van der Waals surface area (Å²) >= 11 is 3.40. The van der Waals surface area contributed by atoms with Crippen LogP contribution in [0.15, 0.2) is 22.7 Å². The Balaban J connectivity index is 2.38. The quantitative estimate of drug-likeness (QED) is 0.856. The maximum absolute atomic E-state index is 11.8. The van der Waals surface area contributed by atoms with E-state index in [2.05, 4.69) is 15.9 Å². The minimum atomic E-state index is -0.190. The molecular formula is C12H14BrNO. The standard InChI is InChI=1S/C12H14BrNO/c1-2-11(15)12(5-6-12)8-3-4-10(14)9(13)7-8/h3-4,7H,2,5-6,14H2,1H3. The Morgan fingerprint density at radius 1 is 1.53 bits per heavy atom. The van der Waals surface area contributed by atoms with Gasteiger partial charge in [0, 0.05) is 16.6 Å². The number of Topliss-reactive ketones (excluding diaryl/α,β-unsaturated/α-hetero) is 1. The number of nitrogens with two attached hydrogens (primary N) is 1. The molecule has 0 amide bonds. The zero-order chi connectivity index (χ0) is 11.1. The van der Waals surface area contributed by atoms with E-state index in [1.807, 2.05) is 25.1 Å². The number of benzene rings is 1. The number of halogens is 1. The molecule has 0 atom stereocenters. The van der Waals surface area contributed by atoms with Crippen LogP contribution in [0.1, 0.15) is 31.7 Å². The predicted molar refractivity (Wildman–Crippen MR) is 64.8 cm³/mol. The number of hydrogen-bond donors (Lipinski definition) is 1. The number of carbonyl (C=O) groups is 1. The Bertz CT molecular complexity index is 410. The highest BCUT2D eigenvalue weighted by atomic mass is 79.9. The van der Waals surface area contributed by atoms with Crippen LogP contribution in [-0.2, 0) is 10.2 Å². The van der Waals surface area contributed by atoms with Gasteiger partial charge in [-0.1, -0.05) is 13.0 Å². The molecule has 1 aromatic carbocycles. The van der Waals surface area contributed by atoms with Gasteiger partial charge in [0.1, 0.15) is 5.78 Å². The van der Waals surface area contributed by atoms with Gasteiger partial charge in [-0.05, 0) is 46.5 Å². The van der Waals surface area contributed by atoms with Gasteiger partial charge in [-0.2, -0.15) is 0 Å².